The van der Waals surface area contributed by atoms with Crippen LogP contribution in [0.4, 0.5) is 13.2 Å². The second-order valence-electron chi connectivity index (χ2n) is 4.08. The van der Waals surface area contributed by atoms with E-state index in [0.717, 1.165) is 30.2 Å². The minimum atomic E-state index is -1.59. The standard InChI is InChI=1S/C12H12F3NOS/c13-9-2-1-8(11(14)12(9)15)10(17)5-7-6-18-4-3-16-7/h1-2,7,16H,3-6H2. The van der Waals surface area contributed by atoms with Crippen molar-refractivity contribution in [3.63, 3.8) is 0 Å². The molecule has 0 radical (unpaired) electrons. The summed E-state index contributed by atoms with van der Waals surface area (Å²) in [7, 11) is 0. The predicted molar refractivity (Wildman–Crippen MR) is 64.4 cm³/mol. The molecule has 1 heterocycles. The zero-order valence-corrected chi connectivity index (χ0v) is 10.3. The van der Waals surface area contributed by atoms with Crippen LogP contribution >= 0.6 is 11.8 Å². The number of thioether (sulfide) groups is 1. The molecule has 1 unspecified atom stereocenters. The molecule has 6 heteroatoms. The van der Waals surface area contributed by atoms with Crippen molar-refractivity contribution >= 4 is 17.5 Å². The summed E-state index contributed by atoms with van der Waals surface area (Å²) in [4.78, 5) is 11.8. The van der Waals surface area contributed by atoms with E-state index in [1.165, 1.54) is 0 Å². The fourth-order valence-electron chi connectivity index (χ4n) is 1.83. The molecule has 1 saturated heterocycles. The Morgan fingerprint density at radius 2 is 2.11 bits per heavy atom. The Kier molecular flexibility index (Phi) is 4.29. The molecule has 98 valence electrons. The van der Waals surface area contributed by atoms with Crippen molar-refractivity contribution in [1.29, 1.82) is 0 Å². The number of nitrogens with one attached hydrogen (secondary N) is 1. The van der Waals surface area contributed by atoms with Crippen LogP contribution < -0.4 is 5.32 Å². The number of ketones is 1. The van der Waals surface area contributed by atoms with Crippen LogP contribution in [0.5, 0.6) is 0 Å². The van der Waals surface area contributed by atoms with Crippen molar-refractivity contribution < 1.29 is 18.0 Å². The van der Waals surface area contributed by atoms with Crippen molar-refractivity contribution in [1.82, 2.24) is 5.32 Å². The Bertz CT molecular complexity index is 461. The highest BCUT2D eigenvalue weighted by molar-refractivity contribution is 7.99. The molecule has 0 bridgehead atoms. The summed E-state index contributed by atoms with van der Waals surface area (Å²) in [5.74, 6) is -3.04. The van der Waals surface area contributed by atoms with Gasteiger partial charge in [-0.05, 0) is 12.1 Å². The maximum absolute atomic E-state index is 13.4. The van der Waals surface area contributed by atoms with Crippen LogP contribution in [0.25, 0.3) is 0 Å². The summed E-state index contributed by atoms with van der Waals surface area (Å²) in [6.07, 6.45) is 0.0923. The number of carbonyl (C=O) groups excluding carboxylic acids is 1. The molecule has 18 heavy (non-hydrogen) atoms. The van der Waals surface area contributed by atoms with Crippen LogP contribution in [0.1, 0.15) is 16.8 Å². The molecule has 2 rings (SSSR count). The van der Waals surface area contributed by atoms with Gasteiger partial charge < -0.3 is 5.32 Å². The van der Waals surface area contributed by atoms with Gasteiger partial charge in [-0.25, -0.2) is 13.2 Å². The lowest BCUT2D eigenvalue weighted by Gasteiger charge is -2.22. The Hall–Kier alpha value is -1.01. The fourth-order valence-corrected chi connectivity index (χ4v) is 2.77. The zero-order valence-electron chi connectivity index (χ0n) is 9.51. The number of hydrogen-bond donors (Lipinski definition) is 1. The smallest absolute Gasteiger partial charge is 0.195 e. The van der Waals surface area contributed by atoms with Crippen LogP contribution in [0.3, 0.4) is 0 Å². The first-order valence-electron chi connectivity index (χ1n) is 5.57. The maximum atomic E-state index is 13.4. The van der Waals surface area contributed by atoms with Gasteiger partial charge in [-0.3, -0.25) is 4.79 Å². The van der Waals surface area contributed by atoms with Gasteiger partial charge in [0.2, 0.25) is 0 Å². The molecule has 1 aliphatic rings. The number of halogens is 3. The third kappa shape index (κ3) is 2.87. The molecule has 1 aromatic carbocycles. The molecule has 1 aromatic rings. The lowest BCUT2D eigenvalue weighted by molar-refractivity contribution is 0.0967. The van der Waals surface area contributed by atoms with Gasteiger partial charge in [-0.2, -0.15) is 11.8 Å². The summed E-state index contributed by atoms with van der Waals surface area (Å²) in [5, 5.41) is 3.13. The van der Waals surface area contributed by atoms with E-state index in [9.17, 15) is 18.0 Å². The average Bonchev–Trinajstić information content (AvgIpc) is 2.37. The number of rotatable bonds is 3. The lowest BCUT2D eigenvalue weighted by Crippen LogP contribution is -2.39. The monoisotopic (exact) mass is 275 g/mol. The van der Waals surface area contributed by atoms with Crippen molar-refractivity contribution in [2.24, 2.45) is 0 Å². The first-order chi connectivity index (χ1) is 8.59. The van der Waals surface area contributed by atoms with E-state index in [1.54, 1.807) is 11.8 Å². The quantitative estimate of drug-likeness (QED) is 0.678. The number of carbonyl (C=O) groups is 1. The van der Waals surface area contributed by atoms with Gasteiger partial charge in [0.05, 0.1) is 5.56 Å². The summed E-state index contributed by atoms with van der Waals surface area (Å²) in [6, 6.07) is 1.73. The molecular weight excluding hydrogens is 263 g/mol. The molecule has 1 aliphatic heterocycles. The van der Waals surface area contributed by atoms with Gasteiger partial charge in [0, 0.05) is 30.5 Å². The van der Waals surface area contributed by atoms with Crippen molar-refractivity contribution in [2.75, 3.05) is 18.1 Å². The van der Waals surface area contributed by atoms with Crippen LogP contribution in [0, 0.1) is 17.5 Å². The molecule has 0 aromatic heterocycles. The normalized spacial score (nSPS) is 19.8. The van der Waals surface area contributed by atoms with Gasteiger partial charge in [-0.1, -0.05) is 0 Å². The summed E-state index contributed by atoms with van der Waals surface area (Å²) in [5.41, 5.74) is -0.383. The van der Waals surface area contributed by atoms with Crippen LogP contribution in [0.15, 0.2) is 12.1 Å². The van der Waals surface area contributed by atoms with E-state index in [0.29, 0.717) is 0 Å². The molecule has 1 fully saturated rings. The van der Waals surface area contributed by atoms with E-state index in [1.807, 2.05) is 0 Å². The largest absolute Gasteiger partial charge is 0.312 e. The molecule has 0 spiro atoms. The molecule has 1 N–H and O–H groups in total. The predicted octanol–water partition coefficient (Wildman–Crippen LogP) is 2.38. The van der Waals surface area contributed by atoms with Gasteiger partial charge in [0.15, 0.2) is 23.2 Å². The minimum Gasteiger partial charge on any atom is -0.312 e. The van der Waals surface area contributed by atoms with Crippen molar-refractivity contribution in [3.8, 4) is 0 Å². The first kappa shape index (κ1) is 13.4. The molecule has 0 saturated carbocycles. The number of hydrogen-bond acceptors (Lipinski definition) is 3. The number of benzene rings is 1. The molecular formula is C12H12F3NOS. The van der Waals surface area contributed by atoms with Crippen LogP contribution in [0.2, 0.25) is 0 Å². The SMILES string of the molecule is O=C(CC1CSCCN1)c1ccc(F)c(F)c1F. The highest BCUT2D eigenvalue weighted by Crippen LogP contribution is 2.19. The van der Waals surface area contributed by atoms with E-state index >= 15 is 0 Å². The second-order valence-corrected chi connectivity index (χ2v) is 5.23. The van der Waals surface area contributed by atoms with Gasteiger partial charge in [0.25, 0.3) is 0 Å². The Morgan fingerprint density at radius 1 is 1.33 bits per heavy atom. The zero-order chi connectivity index (χ0) is 13.1. The van der Waals surface area contributed by atoms with E-state index in [4.69, 9.17) is 0 Å². The molecule has 2 nitrogen and oxygen atoms in total. The van der Waals surface area contributed by atoms with Crippen molar-refractivity contribution in [2.45, 2.75) is 12.5 Å². The third-order valence-electron chi connectivity index (χ3n) is 2.77. The van der Waals surface area contributed by atoms with E-state index < -0.39 is 23.2 Å². The molecule has 0 amide bonds. The average molecular weight is 275 g/mol. The van der Waals surface area contributed by atoms with E-state index in [2.05, 4.69) is 5.32 Å². The number of Topliss-reactive ketones (excluding diaryl/α,β-unsaturated/α-hetero) is 1. The first-order valence-corrected chi connectivity index (χ1v) is 6.73. The summed E-state index contributed by atoms with van der Waals surface area (Å²) >= 11 is 1.71. The summed E-state index contributed by atoms with van der Waals surface area (Å²) in [6.45, 7) is 0.795. The highest BCUT2D eigenvalue weighted by Gasteiger charge is 2.22. The summed E-state index contributed by atoms with van der Waals surface area (Å²) < 4.78 is 39.2. The van der Waals surface area contributed by atoms with Crippen LogP contribution in [-0.4, -0.2) is 29.9 Å². The Balaban J connectivity index is 2.11. The lowest BCUT2D eigenvalue weighted by atomic mass is 10.0. The highest BCUT2D eigenvalue weighted by atomic mass is 32.2. The minimum absolute atomic E-state index is 0.0382. The topological polar surface area (TPSA) is 29.1 Å². The third-order valence-corrected chi connectivity index (χ3v) is 3.90. The fraction of sp³-hybridized carbons (Fsp3) is 0.417. The molecule has 1 atom stereocenters. The molecule has 0 aliphatic carbocycles. The maximum Gasteiger partial charge on any atom is 0.195 e. The Morgan fingerprint density at radius 3 is 2.78 bits per heavy atom. The van der Waals surface area contributed by atoms with Crippen LogP contribution in [-0.2, 0) is 0 Å². The van der Waals surface area contributed by atoms with Gasteiger partial charge >= 0.3 is 0 Å². The van der Waals surface area contributed by atoms with Crippen molar-refractivity contribution in [3.05, 3.63) is 35.1 Å². The Labute approximate surface area is 107 Å². The van der Waals surface area contributed by atoms with Gasteiger partial charge in [0.1, 0.15) is 0 Å². The van der Waals surface area contributed by atoms with Gasteiger partial charge in [-0.15, -0.1) is 0 Å². The van der Waals surface area contributed by atoms with E-state index in [-0.39, 0.29) is 18.0 Å². The second kappa shape index (κ2) is 5.75.